The zero-order chi connectivity index (χ0) is 14.4. The van der Waals surface area contributed by atoms with Crippen LogP contribution in [0.4, 0.5) is 0 Å². The zero-order valence-electron chi connectivity index (χ0n) is 11.2. The molecule has 0 aliphatic rings. The summed E-state index contributed by atoms with van der Waals surface area (Å²) >= 11 is 0. The molecule has 1 aromatic heterocycles. The Hall–Kier alpha value is -2.58. The molecular weight excluding hydrogens is 254 g/mol. The van der Waals surface area contributed by atoms with Crippen LogP contribution in [0, 0.1) is 11.8 Å². The highest BCUT2D eigenvalue weighted by atomic mass is 16.5. The zero-order valence-corrected chi connectivity index (χ0v) is 11.2. The third-order valence-electron chi connectivity index (χ3n) is 2.75. The number of nitrogens with two attached hydrogens (primary N) is 1. The van der Waals surface area contributed by atoms with Gasteiger partial charge < -0.3 is 10.5 Å². The largest absolute Gasteiger partial charge is 0.496 e. The van der Waals surface area contributed by atoms with E-state index in [9.17, 15) is 4.79 Å². The second-order valence-electron chi connectivity index (χ2n) is 4.08. The van der Waals surface area contributed by atoms with E-state index in [1.54, 1.807) is 7.11 Å². The molecule has 0 radical (unpaired) electrons. The molecule has 0 saturated carbocycles. The summed E-state index contributed by atoms with van der Waals surface area (Å²) in [5, 5.41) is 0. The van der Waals surface area contributed by atoms with Crippen molar-refractivity contribution in [3.63, 3.8) is 0 Å². The van der Waals surface area contributed by atoms with Crippen LogP contribution in [0.2, 0.25) is 0 Å². The molecule has 0 amide bonds. The van der Waals surface area contributed by atoms with Crippen LogP contribution in [-0.2, 0) is 6.54 Å². The van der Waals surface area contributed by atoms with Gasteiger partial charge in [0, 0.05) is 23.4 Å². The number of benzene rings is 1. The minimum absolute atomic E-state index is 0.111. The van der Waals surface area contributed by atoms with Crippen molar-refractivity contribution in [2.45, 2.75) is 6.54 Å². The van der Waals surface area contributed by atoms with Crippen molar-refractivity contribution in [2.75, 3.05) is 13.7 Å². The highest BCUT2D eigenvalue weighted by molar-refractivity contribution is 5.44. The quantitative estimate of drug-likeness (QED) is 0.829. The Kier molecular flexibility index (Phi) is 4.53. The van der Waals surface area contributed by atoms with Crippen molar-refractivity contribution < 1.29 is 4.74 Å². The minimum Gasteiger partial charge on any atom is -0.496 e. The van der Waals surface area contributed by atoms with Crippen LogP contribution in [-0.4, -0.2) is 23.2 Å². The molecule has 0 spiro atoms. The molecule has 1 aromatic carbocycles. The molecule has 0 atom stereocenters. The van der Waals surface area contributed by atoms with Gasteiger partial charge in [-0.3, -0.25) is 9.36 Å². The molecule has 0 bridgehead atoms. The van der Waals surface area contributed by atoms with Crippen molar-refractivity contribution in [3.05, 3.63) is 58.3 Å². The van der Waals surface area contributed by atoms with E-state index in [-0.39, 0.29) is 5.56 Å². The van der Waals surface area contributed by atoms with Gasteiger partial charge in [-0.25, -0.2) is 4.98 Å². The normalized spacial score (nSPS) is 9.70. The maximum Gasteiger partial charge on any atom is 0.253 e. The molecule has 0 fully saturated rings. The Morgan fingerprint density at radius 2 is 2.25 bits per heavy atom. The second kappa shape index (κ2) is 6.55. The number of hydrogen-bond donors (Lipinski definition) is 1. The van der Waals surface area contributed by atoms with E-state index in [1.807, 2.05) is 18.2 Å². The van der Waals surface area contributed by atoms with Crippen LogP contribution in [0.5, 0.6) is 5.75 Å². The average molecular weight is 269 g/mol. The fraction of sp³-hybridized carbons (Fsp3) is 0.200. The predicted octanol–water partition coefficient (Wildman–Crippen LogP) is 0.610. The van der Waals surface area contributed by atoms with E-state index < -0.39 is 0 Å². The molecule has 1 heterocycles. The SMILES string of the molecule is COc1ccc(C#CCN)cc1Cn1cnccc1=O. The minimum atomic E-state index is -0.111. The Morgan fingerprint density at radius 3 is 2.95 bits per heavy atom. The van der Waals surface area contributed by atoms with Crippen molar-refractivity contribution in [1.29, 1.82) is 0 Å². The van der Waals surface area contributed by atoms with Gasteiger partial charge in [-0.1, -0.05) is 11.8 Å². The lowest BCUT2D eigenvalue weighted by Crippen LogP contribution is -2.19. The fourth-order valence-electron chi connectivity index (χ4n) is 1.81. The highest BCUT2D eigenvalue weighted by Crippen LogP contribution is 2.20. The maximum absolute atomic E-state index is 11.7. The third kappa shape index (κ3) is 3.25. The summed E-state index contributed by atoms with van der Waals surface area (Å²) in [5.74, 6) is 6.47. The summed E-state index contributed by atoms with van der Waals surface area (Å²) in [4.78, 5) is 15.7. The number of methoxy groups -OCH3 is 1. The first kappa shape index (κ1) is 13.8. The van der Waals surface area contributed by atoms with Crippen molar-refractivity contribution in [2.24, 2.45) is 5.73 Å². The number of rotatable bonds is 3. The maximum atomic E-state index is 11.7. The standard InChI is InChI=1S/C15H15N3O2/c1-20-14-5-4-12(3-2-7-16)9-13(14)10-18-11-17-8-6-15(18)19/h4-6,8-9,11H,7,10,16H2,1H3. The van der Waals surface area contributed by atoms with Crippen LogP contribution in [0.15, 0.2) is 41.6 Å². The molecule has 102 valence electrons. The Morgan fingerprint density at radius 1 is 1.40 bits per heavy atom. The van der Waals surface area contributed by atoms with E-state index in [0.717, 1.165) is 11.1 Å². The molecule has 2 N–H and O–H groups in total. The number of nitrogens with zero attached hydrogens (tertiary/aromatic N) is 2. The molecule has 0 saturated heterocycles. The summed E-state index contributed by atoms with van der Waals surface area (Å²) in [5.41, 5.74) is 6.95. The highest BCUT2D eigenvalue weighted by Gasteiger charge is 2.05. The fourth-order valence-corrected chi connectivity index (χ4v) is 1.81. The Labute approximate surface area is 117 Å². The molecule has 20 heavy (non-hydrogen) atoms. The number of ether oxygens (including phenoxy) is 1. The van der Waals surface area contributed by atoms with Crippen LogP contribution in [0.3, 0.4) is 0 Å². The molecular formula is C15H15N3O2. The van der Waals surface area contributed by atoms with E-state index in [0.29, 0.717) is 18.8 Å². The van der Waals surface area contributed by atoms with Crippen LogP contribution < -0.4 is 16.0 Å². The lowest BCUT2D eigenvalue weighted by atomic mass is 10.1. The molecule has 2 aromatic rings. The summed E-state index contributed by atoms with van der Waals surface area (Å²) in [6.45, 7) is 0.692. The van der Waals surface area contributed by atoms with Crippen molar-refractivity contribution in [1.82, 2.24) is 9.55 Å². The Bertz CT molecular complexity index is 711. The first-order chi connectivity index (χ1) is 9.74. The van der Waals surface area contributed by atoms with Crippen molar-refractivity contribution >= 4 is 0 Å². The van der Waals surface area contributed by atoms with Gasteiger partial charge in [0.1, 0.15) is 5.75 Å². The van der Waals surface area contributed by atoms with Gasteiger partial charge in [-0.15, -0.1) is 0 Å². The smallest absolute Gasteiger partial charge is 0.253 e. The monoisotopic (exact) mass is 269 g/mol. The molecule has 5 nitrogen and oxygen atoms in total. The van der Waals surface area contributed by atoms with Gasteiger partial charge in [0.2, 0.25) is 0 Å². The first-order valence-electron chi connectivity index (χ1n) is 6.11. The first-order valence-corrected chi connectivity index (χ1v) is 6.11. The van der Waals surface area contributed by atoms with Gasteiger partial charge >= 0.3 is 0 Å². The van der Waals surface area contributed by atoms with Crippen LogP contribution >= 0.6 is 0 Å². The second-order valence-corrected chi connectivity index (χ2v) is 4.08. The van der Waals surface area contributed by atoms with Crippen molar-refractivity contribution in [3.8, 4) is 17.6 Å². The van der Waals surface area contributed by atoms with Gasteiger partial charge in [-0.2, -0.15) is 0 Å². The lowest BCUT2D eigenvalue weighted by Gasteiger charge is -2.10. The van der Waals surface area contributed by atoms with Crippen LogP contribution in [0.1, 0.15) is 11.1 Å². The lowest BCUT2D eigenvalue weighted by molar-refractivity contribution is 0.408. The predicted molar refractivity (Wildman–Crippen MR) is 76.5 cm³/mol. The van der Waals surface area contributed by atoms with Gasteiger partial charge in [-0.05, 0) is 18.2 Å². The average Bonchev–Trinajstić information content (AvgIpc) is 2.48. The molecule has 0 aliphatic heterocycles. The summed E-state index contributed by atoms with van der Waals surface area (Å²) in [6, 6.07) is 7.00. The topological polar surface area (TPSA) is 70.1 Å². The van der Waals surface area contributed by atoms with Gasteiger partial charge in [0.05, 0.1) is 26.5 Å². The summed E-state index contributed by atoms with van der Waals surface area (Å²) < 4.78 is 6.82. The van der Waals surface area contributed by atoms with Gasteiger partial charge in [0.25, 0.3) is 5.56 Å². The van der Waals surface area contributed by atoms with E-state index in [2.05, 4.69) is 16.8 Å². The molecule has 0 unspecified atom stereocenters. The number of hydrogen-bond acceptors (Lipinski definition) is 4. The van der Waals surface area contributed by atoms with E-state index in [4.69, 9.17) is 10.5 Å². The van der Waals surface area contributed by atoms with Gasteiger partial charge in [0.15, 0.2) is 0 Å². The summed E-state index contributed by atoms with van der Waals surface area (Å²) in [7, 11) is 1.59. The third-order valence-corrected chi connectivity index (χ3v) is 2.75. The summed E-state index contributed by atoms with van der Waals surface area (Å²) in [6.07, 6.45) is 2.97. The molecule has 2 rings (SSSR count). The number of aromatic nitrogens is 2. The van der Waals surface area contributed by atoms with E-state index >= 15 is 0 Å². The molecule has 5 heteroatoms. The Balaban J connectivity index is 2.38. The van der Waals surface area contributed by atoms with E-state index in [1.165, 1.54) is 23.2 Å². The van der Waals surface area contributed by atoms with Crippen LogP contribution in [0.25, 0.3) is 0 Å². The molecule has 0 aliphatic carbocycles.